The third-order valence-electron chi connectivity index (χ3n) is 2.97. The summed E-state index contributed by atoms with van der Waals surface area (Å²) in [7, 11) is 0. The van der Waals surface area contributed by atoms with Gasteiger partial charge in [-0.2, -0.15) is 0 Å². The summed E-state index contributed by atoms with van der Waals surface area (Å²) in [5.41, 5.74) is 0.961. The molecule has 0 radical (unpaired) electrons. The number of halogens is 2. The van der Waals surface area contributed by atoms with Crippen LogP contribution in [0, 0.1) is 0 Å². The molecule has 0 aliphatic carbocycles. The van der Waals surface area contributed by atoms with Crippen molar-refractivity contribution in [3.63, 3.8) is 0 Å². The van der Waals surface area contributed by atoms with E-state index in [1.807, 2.05) is 18.2 Å². The van der Waals surface area contributed by atoms with E-state index in [1.54, 1.807) is 23.5 Å². The van der Waals surface area contributed by atoms with Crippen molar-refractivity contribution in [2.24, 2.45) is 0 Å². The molecular formula is C16H16Cl2OS. The second kappa shape index (κ2) is 5.88. The Labute approximate surface area is 133 Å². The molecule has 2 aromatic rings. The molecule has 0 atom stereocenters. The maximum Gasteiger partial charge on any atom is 0.177 e. The zero-order valence-corrected chi connectivity index (χ0v) is 14.0. The molecule has 0 amide bonds. The van der Waals surface area contributed by atoms with Gasteiger partial charge >= 0.3 is 0 Å². The van der Waals surface area contributed by atoms with Gasteiger partial charge in [-0.1, -0.05) is 50.0 Å². The monoisotopic (exact) mass is 326 g/mol. The van der Waals surface area contributed by atoms with Gasteiger partial charge in [-0.05, 0) is 35.2 Å². The molecule has 0 fully saturated rings. The van der Waals surface area contributed by atoms with Gasteiger partial charge in [0.2, 0.25) is 0 Å². The van der Waals surface area contributed by atoms with Crippen molar-refractivity contribution in [2.45, 2.75) is 32.6 Å². The smallest absolute Gasteiger partial charge is 0.177 e. The third kappa shape index (κ3) is 3.63. The summed E-state index contributed by atoms with van der Waals surface area (Å²) in [6.45, 7) is 6.43. The predicted molar refractivity (Wildman–Crippen MR) is 87.5 cm³/mol. The van der Waals surface area contributed by atoms with Crippen LogP contribution in [0.3, 0.4) is 0 Å². The van der Waals surface area contributed by atoms with E-state index in [4.69, 9.17) is 23.2 Å². The highest BCUT2D eigenvalue weighted by atomic mass is 35.5. The number of thiophene rings is 1. The number of hydrogen-bond acceptors (Lipinski definition) is 2. The van der Waals surface area contributed by atoms with Crippen molar-refractivity contribution in [2.75, 3.05) is 0 Å². The Hall–Kier alpha value is -0.830. The molecule has 0 spiro atoms. The molecule has 4 heteroatoms. The fourth-order valence-electron chi connectivity index (χ4n) is 1.81. The lowest BCUT2D eigenvalue weighted by molar-refractivity contribution is 0.0997. The normalized spacial score (nSPS) is 11.7. The Morgan fingerprint density at radius 3 is 2.35 bits per heavy atom. The van der Waals surface area contributed by atoms with Crippen LogP contribution in [0.2, 0.25) is 10.0 Å². The van der Waals surface area contributed by atoms with Gasteiger partial charge in [0.15, 0.2) is 5.78 Å². The highest BCUT2D eigenvalue weighted by molar-refractivity contribution is 7.14. The van der Waals surface area contributed by atoms with E-state index in [1.165, 1.54) is 4.88 Å². The van der Waals surface area contributed by atoms with Crippen molar-refractivity contribution in [3.8, 4) is 0 Å². The molecule has 106 valence electrons. The van der Waals surface area contributed by atoms with Gasteiger partial charge in [-0.3, -0.25) is 4.79 Å². The van der Waals surface area contributed by atoms with Gasteiger partial charge in [0.1, 0.15) is 0 Å². The van der Waals surface area contributed by atoms with Gasteiger partial charge < -0.3 is 0 Å². The fourth-order valence-corrected chi connectivity index (χ4v) is 3.13. The lowest BCUT2D eigenvalue weighted by atomic mass is 9.95. The van der Waals surface area contributed by atoms with Crippen LogP contribution in [0.1, 0.15) is 40.9 Å². The van der Waals surface area contributed by atoms with Gasteiger partial charge in [0, 0.05) is 11.3 Å². The summed E-state index contributed by atoms with van der Waals surface area (Å²) >= 11 is 13.4. The Morgan fingerprint density at radius 2 is 1.80 bits per heavy atom. The maximum atomic E-state index is 12.3. The molecule has 0 N–H and O–H groups in total. The van der Waals surface area contributed by atoms with Crippen LogP contribution < -0.4 is 0 Å². The first-order chi connectivity index (χ1) is 9.27. The van der Waals surface area contributed by atoms with Crippen molar-refractivity contribution in [3.05, 3.63) is 55.7 Å². The zero-order chi connectivity index (χ0) is 14.9. The topological polar surface area (TPSA) is 17.1 Å². The zero-order valence-electron chi connectivity index (χ0n) is 11.7. The number of hydrogen-bond donors (Lipinski definition) is 0. The average Bonchev–Trinajstić information content (AvgIpc) is 2.83. The molecule has 0 saturated carbocycles. The van der Waals surface area contributed by atoms with Crippen molar-refractivity contribution in [1.29, 1.82) is 0 Å². The standard InChI is InChI=1S/C16H16Cl2OS/c1-16(2,3)15-7-6-14(20-15)13(19)9-10-4-5-11(17)12(18)8-10/h4-8H,9H2,1-3H3. The molecular weight excluding hydrogens is 311 g/mol. The van der Waals surface area contributed by atoms with Gasteiger partial charge in [-0.25, -0.2) is 0 Å². The number of carbonyl (C=O) groups is 1. The molecule has 0 bridgehead atoms. The minimum atomic E-state index is 0.0762. The molecule has 1 heterocycles. The molecule has 1 nitrogen and oxygen atoms in total. The fraction of sp³-hybridized carbons (Fsp3) is 0.312. The molecule has 0 aliphatic heterocycles. The Bertz CT molecular complexity index is 638. The Kier molecular flexibility index (Phi) is 4.58. The van der Waals surface area contributed by atoms with Crippen LogP contribution in [-0.2, 0) is 11.8 Å². The Morgan fingerprint density at radius 1 is 1.10 bits per heavy atom. The third-order valence-corrected chi connectivity index (χ3v) is 5.26. The molecule has 2 rings (SSSR count). The van der Waals surface area contributed by atoms with E-state index in [0.29, 0.717) is 16.5 Å². The van der Waals surface area contributed by atoms with E-state index in [-0.39, 0.29) is 11.2 Å². The summed E-state index contributed by atoms with van der Waals surface area (Å²) in [5.74, 6) is 0.115. The van der Waals surface area contributed by atoms with Crippen LogP contribution in [0.25, 0.3) is 0 Å². The number of ketones is 1. The lowest BCUT2D eigenvalue weighted by Gasteiger charge is -2.15. The minimum Gasteiger partial charge on any atom is -0.293 e. The quantitative estimate of drug-likeness (QED) is 0.653. The van der Waals surface area contributed by atoms with Crippen LogP contribution >= 0.6 is 34.5 Å². The van der Waals surface area contributed by atoms with E-state index in [9.17, 15) is 4.79 Å². The van der Waals surface area contributed by atoms with Crippen molar-refractivity contribution < 1.29 is 4.79 Å². The Balaban J connectivity index is 2.16. The van der Waals surface area contributed by atoms with Crippen molar-refractivity contribution >= 4 is 40.3 Å². The summed E-state index contributed by atoms with van der Waals surface area (Å²) < 4.78 is 0. The van der Waals surface area contributed by atoms with Gasteiger partial charge in [0.25, 0.3) is 0 Å². The number of rotatable bonds is 3. The van der Waals surface area contributed by atoms with Crippen LogP contribution in [0.4, 0.5) is 0 Å². The predicted octanol–water partition coefficient (Wildman–Crippen LogP) is 5.78. The SMILES string of the molecule is CC(C)(C)c1ccc(C(=O)Cc2ccc(Cl)c(Cl)c2)s1. The second-order valence-electron chi connectivity index (χ2n) is 5.76. The van der Waals surface area contributed by atoms with Crippen LogP contribution in [0.5, 0.6) is 0 Å². The van der Waals surface area contributed by atoms with Crippen LogP contribution in [0.15, 0.2) is 30.3 Å². The largest absolute Gasteiger partial charge is 0.293 e. The second-order valence-corrected chi connectivity index (χ2v) is 7.66. The van der Waals surface area contributed by atoms with E-state index in [0.717, 1.165) is 10.4 Å². The first kappa shape index (κ1) is 15.6. The van der Waals surface area contributed by atoms with E-state index >= 15 is 0 Å². The molecule has 20 heavy (non-hydrogen) atoms. The molecule has 0 unspecified atom stereocenters. The highest BCUT2D eigenvalue weighted by Gasteiger charge is 2.18. The summed E-state index contributed by atoms with van der Waals surface area (Å²) in [6, 6.07) is 9.25. The van der Waals surface area contributed by atoms with Crippen molar-refractivity contribution in [1.82, 2.24) is 0 Å². The first-order valence-corrected chi connectivity index (χ1v) is 7.92. The molecule has 1 aromatic carbocycles. The minimum absolute atomic E-state index is 0.0762. The molecule has 0 aliphatic rings. The number of carbonyl (C=O) groups excluding carboxylic acids is 1. The van der Waals surface area contributed by atoms with E-state index < -0.39 is 0 Å². The summed E-state index contributed by atoms with van der Waals surface area (Å²) in [4.78, 5) is 14.3. The number of benzene rings is 1. The summed E-state index contributed by atoms with van der Waals surface area (Å²) in [6.07, 6.45) is 0.348. The summed E-state index contributed by atoms with van der Waals surface area (Å²) in [5, 5.41) is 0.993. The molecule has 0 saturated heterocycles. The van der Waals surface area contributed by atoms with Gasteiger partial charge in [-0.15, -0.1) is 11.3 Å². The maximum absolute atomic E-state index is 12.3. The van der Waals surface area contributed by atoms with E-state index in [2.05, 4.69) is 20.8 Å². The molecule has 1 aromatic heterocycles. The highest BCUT2D eigenvalue weighted by Crippen LogP contribution is 2.30. The van der Waals surface area contributed by atoms with Gasteiger partial charge in [0.05, 0.1) is 14.9 Å². The van der Waals surface area contributed by atoms with Crippen LogP contribution in [-0.4, -0.2) is 5.78 Å². The average molecular weight is 327 g/mol. The number of Topliss-reactive ketones (excluding diaryl/α,β-unsaturated/α-hetero) is 1. The lowest BCUT2D eigenvalue weighted by Crippen LogP contribution is -2.08. The first-order valence-electron chi connectivity index (χ1n) is 6.35.